The van der Waals surface area contributed by atoms with Gasteiger partial charge >= 0.3 is 0 Å². The molecule has 0 radical (unpaired) electrons. The topological polar surface area (TPSA) is 20.2 Å². The highest BCUT2D eigenvalue weighted by Crippen LogP contribution is 2.34. The molecule has 0 fully saturated rings. The average molecular weight is 246 g/mol. The van der Waals surface area contributed by atoms with Crippen molar-refractivity contribution in [1.29, 1.82) is 0 Å². The van der Waals surface area contributed by atoms with Crippen LogP contribution < -0.4 is 0 Å². The SMILES string of the molecule is Cc1cc(C)c(C(O)c2c(C)cccc2C)s1. The van der Waals surface area contributed by atoms with E-state index in [1.54, 1.807) is 11.3 Å². The van der Waals surface area contributed by atoms with Gasteiger partial charge in [0, 0.05) is 9.75 Å². The van der Waals surface area contributed by atoms with Crippen molar-refractivity contribution in [2.75, 3.05) is 0 Å². The molecule has 0 spiro atoms. The molecule has 1 heterocycles. The Morgan fingerprint density at radius 3 is 2.06 bits per heavy atom. The molecule has 2 heteroatoms. The first-order valence-corrected chi connectivity index (χ1v) is 6.63. The van der Waals surface area contributed by atoms with E-state index in [1.807, 2.05) is 6.07 Å². The smallest absolute Gasteiger partial charge is 0.114 e. The minimum atomic E-state index is -0.491. The van der Waals surface area contributed by atoms with Crippen LogP contribution in [0, 0.1) is 27.7 Å². The lowest BCUT2D eigenvalue weighted by Gasteiger charge is -2.16. The van der Waals surface area contributed by atoms with Crippen LogP contribution >= 0.6 is 11.3 Å². The Balaban J connectivity index is 2.51. The average Bonchev–Trinajstić information content (AvgIpc) is 2.57. The zero-order chi connectivity index (χ0) is 12.6. The van der Waals surface area contributed by atoms with Gasteiger partial charge < -0.3 is 5.11 Å². The summed E-state index contributed by atoms with van der Waals surface area (Å²) in [5.74, 6) is 0. The molecule has 0 aliphatic carbocycles. The first kappa shape index (κ1) is 12.3. The third-order valence-electron chi connectivity index (χ3n) is 3.14. The molecule has 1 unspecified atom stereocenters. The summed E-state index contributed by atoms with van der Waals surface area (Å²) < 4.78 is 0. The minimum Gasteiger partial charge on any atom is -0.383 e. The molecule has 0 saturated carbocycles. The number of aryl methyl sites for hydroxylation is 4. The molecule has 17 heavy (non-hydrogen) atoms. The largest absolute Gasteiger partial charge is 0.383 e. The molecule has 1 aromatic heterocycles. The van der Waals surface area contributed by atoms with E-state index in [9.17, 15) is 5.11 Å². The van der Waals surface area contributed by atoms with Crippen LogP contribution in [0.3, 0.4) is 0 Å². The van der Waals surface area contributed by atoms with E-state index in [1.165, 1.54) is 10.4 Å². The fraction of sp³-hybridized carbons (Fsp3) is 0.333. The lowest BCUT2D eigenvalue weighted by atomic mass is 9.96. The normalized spacial score (nSPS) is 12.8. The monoisotopic (exact) mass is 246 g/mol. The van der Waals surface area contributed by atoms with Crippen LogP contribution in [-0.2, 0) is 0 Å². The molecule has 0 saturated heterocycles. The number of aliphatic hydroxyl groups is 1. The molecule has 1 N–H and O–H groups in total. The summed E-state index contributed by atoms with van der Waals surface area (Å²) in [7, 11) is 0. The van der Waals surface area contributed by atoms with Crippen LogP contribution in [0.5, 0.6) is 0 Å². The van der Waals surface area contributed by atoms with Crippen molar-refractivity contribution in [3.63, 3.8) is 0 Å². The molecule has 0 aliphatic rings. The van der Waals surface area contributed by atoms with Crippen LogP contribution in [0.25, 0.3) is 0 Å². The minimum absolute atomic E-state index is 0.491. The van der Waals surface area contributed by atoms with Gasteiger partial charge in [-0.1, -0.05) is 18.2 Å². The van der Waals surface area contributed by atoms with Crippen molar-refractivity contribution in [3.8, 4) is 0 Å². The summed E-state index contributed by atoms with van der Waals surface area (Å²) in [4.78, 5) is 2.32. The fourth-order valence-electron chi connectivity index (χ4n) is 2.32. The summed E-state index contributed by atoms with van der Waals surface area (Å²) in [5.41, 5.74) is 4.55. The van der Waals surface area contributed by atoms with E-state index in [2.05, 4.69) is 45.9 Å². The maximum Gasteiger partial charge on any atom is 0.114 e. The molecular formula is C15H18OS. The Morgan fingerprint density at radius 2 is 1.59 bits per heavy atom. The van der Waals surface area contributed by atoms with Gasteiger partial charge in [0.25, 0.3) is 0 Å². The molecule has 1 nitrogen and oxygen atoms in total. The molecule has 90 valence electrons. The van der Waals surface area contributed by atoms with E-state index in [0.29, 0.717) is 0 Å². The van der Waals surface area contributed by atoms with Crippen LogP contribution in [-0.4, -0.2) is 5.11 Å². The van der Waals surface area contributed by atoms with Crippen molar-refractivity contribution in [3.05, 3.63) is 56.3 Å². The fourth-order valence-corrected chi connectivity index (χ4v) is 3.35. The maximum atomic E-state index is 10.6. The Labute approximate surface area is 107 Å². The van der Waals surface area contributed by atoms with Gasteiger partial charge in [0.15, 0.2) is 0 Å². The summed E-state index contributed by atoms with van der Waals surface area (Å²) in [5, 5.41) is 10.6. The van der Waals surface area contributed by atoms with Crippen LogP contribution in [0.2, 0.25) is 0 Å². The predicted octanol–water partition coefficient (Wildman–Crippen LogP) is 4.06. The molecule has 2 aromatic rings. The molecule has 2 rings (SSSR count). The third kappa shape index (κ3) is 2.28. The lowest BCUT2D eigenvalue weighted by molar-refractivity contribution is 0.222. The van der Waals surface area contributed by atoms with Crippen molar-refractivity contribution in [1.82, 2.24) is 0 Å². The zero-order valence-corrected chi connectivity index (χ0v) is 11.6. The van der Waals surface area contributed by atoms with Gasteiger partial charge in [-0.15, -0.1) is 11.3 Å². The van der Waals surface area contributed by atoms with E-state index < -0.39 is 6.10 Å². The highest BCUT2D eigenvalue weighted by molar-refractivity contribution is 7.12. The highest BCUT2D eigenvalue weighted by Gasteiger charge is 2.18. The summed E-state index contributed by atoms with van der Waals surface area (Å²) in [6, 6.07) is 8.28. The van der Waals surface area contributed by atoms with Crippen LogP contribution in [0.15, 0.2) is 24.3 Å². The van der Waals surface area contributed by atoms with E-state index >= 15 is 0 Å². The molecule has 1 atom stereocenters. The second kappa shape index (κ2) is 4.63. The van der Waals surface area contributed by atoms with Gasteiger partial charge in [0.1, 0.15) is 6.10 Å². The predicted molar refractivity (Wildman–Crippen MR) is 73.8 cm³/mol. The van der Waals surface area contributed by atoms with Crippen LogP contribution in [0.1, 0.15) is 38.1 Å². The maximum absolute atomic E-state index is 10.6. The van der Waals surface area contributed by atoms with Gasteiger partial charge in [0.2, 0.25) is 0 Å². The molecular weight excluding hydrogens is 228 g/mol. The standard InChI is InChI=1S/C15H18OS/c1-9-6-5-7-10(2)13(9)14(16)15-11(3)8-12(4)17-15/h5-8,14,16H,1-4H3. The summed E-state index contributed by atoms with van der Waals surface area (Å²) in [6.45, 7) is 8.26. The van der Waals surface area contributed by atoms with Crippen LogP contribution in [0.4, 0.5) is 0 Å². The van der Waals surface area contributed by atoms with Gasteiger partial charge in [-0.3, -0.25) is 0 Å². The van der Waals surface area contributed by atoms with Gasteiger partial charge in [0.05, 0.1) is 0 Å². The number of rotatable bonds is 2. The first-order valence-electron chi connectivity index (χ1n) is 5.82. The van der Waals surface area contributed by atoms with Crippen molar-refractivity contribution >= 4 is 11.3 Å². The Hall–Kier alpha value is -1.12. The van der Waals surface area contributed by atoms with E-state index in [-0.39, 0.29) is 0 Å². The Morgan fingerprint density at radius 1 is 1.00 bits per heavy atom. The Kier molecular flexibility index (Phi) is 3.36. The summed E-state index contributed by atoms with van der Waals surface area (Å²) in [6.07, 6.45) is -0.491. The van der Waals surface area contributed by atoms with Crippen molar-refractivity contribution in [2.24, 2.45) is 0 Å². The molecule has 1 aromatic carbocycles. The first-order chi connectivity index (χ1) is 8.00. The number of benzene rings is 1. The number of hydrogen-bond acceptors (Lipinski definition) is 2. The molecule has 0 bridgehead atoms. The lowest BCUT2D eigenvalue weighted by Crippen LogP contribution is -2.03. The second-order valence-electron chi connectivity index (χ2n) is 4.61. The van der Waals surface area contributed by atoms with Crippen molar-refractivity contribution < 1.29 is 5.11 Å². The third-order valence-corrected chi connectivity index (χ3v) is 4.35. The highest BCUT2D eigenvalue weighted by atomic mass is 32.1. The molecule has 0 aliphatic heterocycles. The van der Waals surface area contributed by atoms with Gasteiger partial charge in [-0.2, -0.15) is 0 Å². The zero-order valence-electron chi connectivity index (χ0n) is 10.7. The molecule has 0 amide bonds. The van der Waals surface area contributed by atoms with Crippen molar-refractivity contribution in [2.45, 2.75) is 33.8 Å². The van der Waals surface area contributed by atoms with E-state index in [4.69, 9.17) is 0 Å². The number of hydrogen-bond donors (Lipinski definition) is 1. The van der Waals surface area contributed by atoms with Gasteiger partial charge in [-0.05, 0) is 56.0 Å². The number of thiophene rings is 1. The van der Waals surface area contributed by atoms with Gasteiger partial charge in [-0.25, -0.2) is 0 Å². The second-order valence-corrected chi connectivity index (χ2v) is 5.90. The Bertz CT molecular complexity index is 520. The summed E-state index contributed by atoms with van der Waals surface area (Å²) >= 11 is 1.68. The quantitative estimate of drug-likeness (QED) is 0.847. The number of aliphatic hydroxyl groups excluding tert-OH is 1. The van der Waals surface area contributed by atoms with E-state index in [0.717, 1.165) is 21.6 Å².